The number of hydrogen-bond donors (Lipinski definition) is 1. The second kappa shape index (κ2) is 8.52. The lowest BCUT2D eigenvalue weighted by Crippen LogP contribution is -2.31. The van der Waals surface area contributed by atoms with Gasteiger partial charge in [-0.1, -0.05) is 31.7 Å². The van der Waals surface area contributed by atoms with E-state index < -0.39 is 0 Å². The summed E-state index contributed by atoms with van der Waals surface area (Å²) in [5, 5.41) is 0.854. The first-order valence-electron chi connectivity index (χ1n) is 12.2. The van der Waals surface area contributed by atoms with Gasteiger partial charge in [0, 0.05) is 29.4 Å². The third-order valence-electron chi connectivity index (χ3n) is 7.06. The largest absolute Gasteiger partial charge is 0.491 e. The molecule has 4 heterocycles. The van der Waals surface area contributed by atoms with E-state index >= 15 is 0 Å². The zero-order chi connectivity index (χ0) is 24.2. The maximum atomic E-state index is 6.18. The molecular formula is C27H30N6OS. The van der Waals surface area contributed by atoms with Crippen LogP contribution in [0.3, 0.4) is 0 Å². The molecule has 6 rings (SSSR count). The minimum Gasteiger partial charge on any atom is -0.491 e. The zero-order valence-corrected chi connectivity index (χ0v) is 21.5. The van der Waals surface area contributed by atoms with E-state index in [2.05, 4.69) is 64.2 Å². The molecule has 0 unspecified atom stereocenters. The number of anilines is 1. The Labute approximate surface area is 209 Å². The number of imidazole rings is 1. The topological polar surface area (TPSA) is 79.8 Å². The number of rotatable bonds is 3. The molecule has 1 aliphatic heterocycles. The number of thioether (sulfide) groups is 1. The normalized spacial score (nSPS) is 17.0. The molecule has 0 fully saturated rings. The van der Waals surface area contributed by atoms with Gasteiger partial charge in [0.1, 0.15) is 24.0 Å². The third kappa shape index (κ3) is 4.24. The summed E-state index contributed by atoms with van der Waals surface area (Å²) in [6.07, 6.45) is 7.13. The van der Waals surface area contributed by atoms with Crippen molar-refractivity contribution in [2.45, 2.75) is 51.7 Å². The summed E-state index contributed by atoms with van der Waals surface area (Å²) in [5.41, 5.74) is 7.82. The van der Waals surface area contributed by atoms with Crippen LogP contribution < -0.4 is 9.64 Å². The molecule has 1 aliphatic carbocycles. The van der Waals surface area contributed by atoms with E-state index in [1.807, 2.05) is 13.1 Å². The average Bonchev–Trinajstić information content (AvgIpc) is 3.08. The lowest BCUT2D eigenvalue weighted by Gasteiger charge is -2.34. The molecule has 0 bridgehead atoms. The molecule has 0 saturated carbocycles. The van der Waals surface area contributed by atoms with Crippen LogP contribution in [0.4, 0.5) is 5.82 Å². The second-order valence-corrected chi connectivity index (χ2v) is 11.1. The molecular weight excluding hydrogens is 456 g/mol. The van der Waals surface area contributed by atoms with Gasteiger partial charge < -0.3 is 14.6 Å². The standard InChI is InChI=1S/C27H30N6OS/c1-16-29-22-12-18(14-28-24(22)30-16)17-5-6-23-19(11-17)15-33(9-10-34-23)25-20-13-27(2,3)8-7-21(20)31-26(32-25)35-4/h5-6,11-12,14H,7-10,13,15H2,1-4H3,(H,28,29,30). The highest BCUT2D eigenvalue weighted by Crippen LogP contribution is 2.40. The number of aromatic nitrogens is 5. The summed E-state index contributed by atoms with van der Waals surface area (Å²) < 4.78 is 6.18. The van der Waals surface area contributed by atoms with E-state index in [1.54, 1.807) is 11.8 Å². The van der Waals surface area contributed by atoms with E-state index in [-0.39, 0.29) is 5.41 Å². The number of benzene rings is 1. The molecule has 35 heavy (non-hydrogen) atoms. The Bertz CT molecular complexity index is 1430. The van der Waals surface area contributed by atoms with Crippen LogP contribution in [0.1, 0.15) is 42.9 Å². The van der Waals surface area contributed by atoms with Crippen LogP contribution in [0, 0.1) is 12.3 Å². The van der Waals surface area contributed by atoms with Crippen molar-refractivity contribution in [1.82, 2.24) is 24.9 Å². The molecule has 180 valence electrons. The molecule has 0 amide bonds. The molecule has 3 aromatic heterocycles. The second-order valence-electron chi connectivity index (χ2n) is 10.3. The summed E-state index contributed by atoms with van der Waals surface area (Å²) in [4.78, 5) is 24.6. The number of fused-ring (bicyclic) bond motifs is 3. The predicted octanol–water partition coefficient (Wildman–Crippen LogP) is 5.36. The molecule has 2 aliphatic rings. The Morgan fingerprint density at radius 1 is 1.11 bits per heavy atom. The fraction of sp³-hybridized carbons (Fsp3) is 0.407. The van der Waals surface area contributed by atoms with Gasteiger partial charge in [-0.25, -0.2) is 19.9 Å². The number of pyridine rings is 1. The Morgan fingerprint density at radius 2 is 2.00 bits per heavy atom. The van der Waals surface area contributed by atoms with Crippen LogP contribution in [-0.4, -0.2) is 44.3 Å². The highest BCUT2D eigenvalue weighted by molar-refractivity contribution is 7.98. The number of nitrogens with one attached hydrogen (secondary N) is 1. The lowest BCUT2D eigenvalue weighted by molar-refractivity contribution is 0.309. The SMILES string of the molecule is CSc1nc2c(c(N3CCOc4ccc(-c5cnc6nc(C)[nH]c6c5)cc4C3)n1)CC(C)(C)CC2. The van der Waals surface area contributed by atoms with Crippen LogP contribution in [0.5, 0.6) is 5.75 Å². The van der Waals surface area contributed by atoms with Gasteiger partial charge in [-0.3, -0.25) is 0 Å². The van der Waals surface area contributed by atoms with Crippen LogP contribution in [0.2, 0.25) is 0 Å². The van der Waals surface area contributed by atoms with Gasteiger partial charge >= 0.3 is 0 Å². The quantitative estimate of drug-likeness (QED) is 0.308. The van der Waals surface area contributed by atoms with Gasteiger partial charge in [-0.2, -0.15) is 0 Å². The minimum absolute atomic E-state index is 0.260. The van der Waals surface area contributed by atoms with Gasteiger partial charge in [0.25, 0.3) is 0 Å². The van der Waals surface area contributed by atoms with Gasteiger partial charge in [0.05, 0.1) is 17.8 Å². The Hall–Kier alpha value is -3.13. The van der Waals surface area contributed by atoms with Crippen molar-refractivity contribution in [2.24, 2.45) is 5.41 Å². The van der Waals surface area contributed by atoms with Crippen molar-refractivity contribution in [3.8, 4) is 16.9 Å². The van der Waals surface area contributed by atoms with Crippen LogP contribution >= 0.6 is 11.8 Å². The molecule has 1 aromatic carbocycles. The van der Waals surface area contributed by atoms with Gasteiger partial charge in [-0.15, -0.1) is 0 Å². The van der Waals surface area contributed by atoms with Crippen molar-refractivity contribution in [2.75, 3.05) is 24.3 Å². The van der Waals surface area contributed by atoms with Crippen molar-refractivity contribution in [1.29, 1.82) is 0 Å². The van der Waals surface area contributed by atoms with Crippen molar-refractivity contribution in [3.05, 3.63) is 53.1 Å². The van der Waals surface area contributed by atoms with E-state index in [9.17, 15) is 0 Å². The summed E-state index contributed by atoms with van der Waals surface area (Å²) >= 11 is 1.62. The van der Waals surface area contributed by atoms with Crippen molar-refractivity contribution < 1.29 is 4.74 Å². The highest BCUT2D eigenvalue weighted by atomic mass is 32.2. The third-order valence-corrected chi connectivity index (χ3v) is 7.60. The molecule has 1 N–H and O–H groups in total. The van der Waals surface area contributed by atoms with E-state index in [4.69, 9.17) is 14.7 Å². The van der Waals surface area contributed by atoms with E-state index in [1.165, 1.54) is 11.3 Å². The summed E-state index contributed by atoms with van der Waals surface area (Å²) in [6.45, 7) is 8.82. The molecule has 7 nitrogen and oxygen atoms in total. The lowest BCUT2D eigenvalue weighted by atomic mass is 9.76. The van der Waals surface area contributed by atoms with Gasteiger partial charge in [0.2, 0.25) is 0 Å². The minimum atomic E-state index is 0.260. The van der Waals surface area contributed by atoms with E-state index in [0.717, 1.165) is 82.8 Å². The first kappa shape index (κ1) is 22.3. The van der Waals surface area contributed by atoms with Crippen molar-refractivity contribution in [3.63, 3.8) is 0 Å². The maximum Gasteiger partial charge on any atom is 0.189 e. The first-order valence-corrected chi connectivity index (χ1v) is 13.4. The van der Waals surface area contributed by atoms with Crippen LogP contribution in [0.25, 0.3) is 22.3 Å². The fourth-order valence-corrected chi connectivity index (χ4v) is 5.57. The van der Waals surface area contributed by atoms with Crippen molar-refractivity contribution >= 4 is 28.7 Å². The highest BCUT2D eigenvalue weighted by Gasteiger charge is 2.31. The van der Waals surface area contributed by atoms with Crippen LogP contribution in [0.15, 0.2) is 35.6 Å². The molecule has 0 spiro atoms. The predicted molar refractivity (Wildman–Crippen MR) is 140 cm³/mol. The number of H-pyrrole nitrogens is 1. The molecule has 0 saturated heterocycles. The summed E-state index contributed by atoms with van der Waals surface area (Å²) in [6, 6.07) is 8.55. The molecule has 0 radical (unpaired) electrons. The van der Waals surface area contributed by atoms with Gasteiger partial charge in [0.15, 0.2) is 10.8 Å². The van der Waals surface area contributed by atoms with Gasteiger partial charge in [-0.05, 0) is 61.6 Å². The number of aryl methyl sites for hydroxylation is 2. The number of nitrogens with zero attached hydrogens (tertiary/aromatic N) is 5. The van der Waals surface area contributed by atoms with E-state index in [0.29, 0.717) is 6.61 Å². The number of aromatic amines is 1. The molecule has 4 aromatic rings. The molecule has 8 heteroatoms. The first-order chi connectivity index (χ1) is 16.9. The zero-order valence-electron chi connectivity index (χ0n) is 20.7. The average molecular weight is 487 g/mol. The summed E-state index contributed by atoms with van der Waals surface area (Å²) in [7, 11) is 0. The Balaban J connectivity index is 1.38. The monoisotopic (exact) mass is 486 g/mol. The van der Waals surface area contributed by atoms with Crippen LogP contribution in [-0.2, 0) is 19.4 Å². The smallest absolute Gasteiger partial charge is 0.189 e. The Morgan fingerprint density at radius 3 is 2.86 bits per heavy atom. The number of ether oxygens (including phenoxy) is 1. The Kier molecular flexibility index (Phi) is 5.44. The molecule has 0 atom stereocenters. The number of hydrogen-bond acceptors (Lipinski definition) is 7. The summed E-state index contributed by atoms with van der Waals surface area (Å²) in [5.74, 6) is 2.89. The fourth-order valence-electron chi connectivity index (χ4n) is 5.19. The maximum absolute atomic E-state index is 6.18.